The fourth-order valence-electron chi connectivity index (χ4n) is 7.55. The molecule has 2 atom stereocenters. The van der Waals surface area contributed by atoms with Crippen LogP contribution >= 0.6 is 7.82 Å². The fourth-order valence-corrected chi connectivity index (χ4v) is 8.29. The van der Waals surface area contributed by atoms with E-state index in [1.165, 1.54) is 199 Å². The van der Waals surface area contributed by atoms with Crippen molar-refractivity contribution in [3.8, 4) is 0 Å². The fraction of sp³-hybridized carbons (Fsp3) is 0.941. The minimum absolute atomic E-state index is 0.0909. The number of carbonyl (C=O) groups excluding carboxylic acids is 1. The average molecular weight is 873 g/mol. The largest absolute Gasteiger partial charge is 0.472 e. The Bertz CT molecular complexity index is 972. The Kier molecular flexibility index (Phi) is 44.3. The van der Waals surface area contributed by atoms with Gasteiger partial charge in [-0.05, 0) is 38.5 Å². The molecule has 0 fully saturated rings. The van der Waals surface area contributed by atoms with Crippen molar-refractivity contribution in [1.29, 1.82) is 0 Å². The number of hydrogen-bond acceptors (Lipinski definition) is 6. The summed E-state index contributed by atoms with van der Waals surface area (Å²) in [5, 5.41) is 0. The van der Waals surface area contributed by atoms with Gasteiger partial charge >= 0.3 is 13.8 Å². The highest BCUT2D eigenvalue weighted by molar-refractivity contribution is 7.47. The maximum Gasteiger partial charge on any atom is 0.472 e. The normalized spacial score (nSPS) is 13.6. The highest BCUT2D eigenvalue weighted by Crippen LogP contribution is 2.43. The molecular weight excluding hydrogens is 770 g/mol. The maximum absolute atomic E-state index is 12.8. The van der Waals surface area contributed by atoms with E-state index in [-0.39, 0.29) is 25.8 Å². The third kappa shape index (κ3) is 48.3. The van der Waals surface area contributed by atoms with Crippen molar-refractivity contribution >= 4 is 13.8 Å². The number of esters is 1. The first-order valence-electron chi connectivity index (χ1n) is 25.9. The van der Waals surface area contributed by atoms with Gasteiger partial charge in [0.05, 0.1) is 34.4 Å². The molecule has 0 rings (SSSR count). The van der Waals surface area contributed by atoms with Crippen LogP contribution in [0.1, 0.15) is 251 Å². The summed E-state index contributed by atoms with van der Waals surface area (Å²) in [7, 11) is 1.68. The molecule has 358 valence electrons. The number of ether oxygens (including phenoxy) is 2. The van der Waals surface area contributed by atoms with Crippen LogP contribution in [0.2, 0.25) is 0 Å². The second kappa shape index (κ2) is 44.8. The minimum atomic E-state index is -4.27. The molecule has 0 aliphatic rings. The van der Waals surface area contributed by atoms with Gasteiger partial charge in [0.1, 0.15) is 19.3 Å². The van der Waals surface area contributed by atoms with E-state index in [1.54, 1.807) is 0 Å². The number of phosphoric ester groups is 1. The molecule has 2 unspecified atom stereocenters. The molecule has 1 N–H and O–H groups in total. The molecule has 0 aromatic carbocycles. The van der Waals surface area contributed by atoms with Crippen molar-refractivity contribution in [3.05, 3.63) is 12.2 Å². The lowest BCUT2D eigenvalue weighted by molar-refractivity contribution is -0.870. The van der Waals surface area contributed by atoms with Crippen molar-refractivity contribution in [2.75, 3.05) is 54.1 Å². The van der Waals surface area contributed by atoms with Crippen LogP contribution in [0, 0.1) is 0 Å². The zero-order chi connectivity index (χ0) is 44.1. The Morgan fingerprint density at radius 1 is 0.500 bits per heavy atom. The van der Waals surface area contributed by atoms with Crippen LogP contribution in [-0.2, 0) is 27.9 Å². The Morgan fingerprint density at radius 3 is 1.28 bits per heavy atom. The van der Waals surface area contributed by atoms with E-state index in [4.69, 9.17) is 18.5 Å². The van der Waals surface area contributed by atoms with Gasteiger partial charge in [0.2, 0.25) is 0 Å². The van der Waals surface area contributed by atoms with Gasteiger partial charge in [-0.3, -0.25) is 13.8 Å². The van der Waals surface area contributed by atoms with E-state index in [2.05, 4.69) is 26.0 Å². The molecule has 0 aliphatic carbocycles. The lowest BCUT2D eigenvalue weighted by Crippen LogP contribution is -2.37. The first-order chi connectivity index (χ1) is 29.1. The van der Waals surface area contributed by atoms with Gasteiger partial charge in [0.25, 0.3) is 0 Å². The van der Waals surface area contributed by atoms with E-state index in [1.807, 2.05) is 21.1 Å². The second-order valence-electron chi connectivity index (χ2n) is 18.9. The summed E-state index contributed by atoms with van der Waals surface area (Å²) in [5.74, 6) is -0.309. The number of quaternary nitrogens is 1. The average Bonchev–Trinajstić information content (AvgIpc) is 3.20. The zero-order valence-electron chi connectivity index (χ0n) is 40.7. The van der Waals surface area contributed by atoms with Crippen molar-refractivity contribution in [3.63, 3.8) is 0 Å². The van der Waals surface area contributed by atoms with Gasteiger partial charge in [0, 0.05) is 13.0 Å². The van der Waals surface area contributed by atoms with E-state index in [0.717, 1.165) is 32.1 Å². The number of rotatable bonds is 49. The summed E-state index contributed by atoms with van der Waals surface area (Å²) in [6, 6.07) is 0. The number of hydrogen-bond donors (Lipinski definition) is 1. The molecule has 0 spiro atoms. The molecule has 60 heavy (non-hydrogen) atoms. The van der Waals surface area contributed by atoms with Gasteiger partial charge in [-0.1, -0.05) is 219 Å². The first-order valence-corrected chi connectivity index (χ1v) is 27.4. The third-order valence-corrected chi connectivity index (χ3v) is 12.6. The molecule has 0 heterocycles. The molecular formula is C51H103NO7P+. The highest BCUT2D eigenvalue weighted by atomic mass is 31.2. The van der Waals surface area contributed by atoms with Crippen LogP contribution in [0.3, 0.4) is 0 Å². The summed E-state index contributed by atoms with van der Waals surface area (Å²) in [6.45, 7) is 5.65. The Hall–Kier alpha value is -0.760. The number of unbranched alkanes of at least 4 members (excludes halogenated alkanes) is 33. The smallest absolute Gasteiger partial charge is 0.457 e. The molecule has 0 saturated carbocycles. The van der Waals surface area contributed by atoms with Gasteiger partial charge < -0.3 is 18.9 Å². The molecule has 0 aliphatic heterocycles. The molecule has 0 aromatic rings. The summed E-state index contributed by atoms with van der Waals surface area (Å²) >= 11 is 0. The van der Waals surface area contributed by atoms with E-state index >= 15 is 0 Å². The van der Waals surface area contributed by atoms with E-state index < -0.39 is 13.9 Å². The lowest BCUT2D eigenvalue weighted by Gasteiger charge is -2.24. The van der Waals surface area contributed by atoms with Gasteiger partial charge in [-0.15, -0.1) is 0 Å². The molecule has 0 radical (unpaired) electrons. The molecule has 0 bridgehead atoms. The summed E-state index contributed by atoms with van der Waals surface area (Å²) in [6.07, 6.45) is 51.2. The Morgan fingerprint density at radius 2 is 0.867 bits per heavy atom. The van der Waals surface area contributed by atoms with Crippen molar-refractivity contribution in [1.82, 2.24) is 0 Å². The molecule has 0 amide bonds. The molecule has 8 nitrogen and oxygen atoms in total. The van der Waals surface area contributed by atoms with E-state index in [0.29, 0.717) is 24.1 Å². The Balaban J connectivity index is 4.04. The monoisotopic (exact) mass is 873 g/mol. The van der Waals surface area contributed by atoms with Crippen LogP contribution in [0.15, 0.2) is 12.2 Å². The summed E-state index contributed by atoms with van der Waals surface area (Å²) in [4.78, 5) is 23.0. The number of allylic oxidation sites excluding steroid dienone is 2. The van der Waals surface area contributed by atoms with Crippen LogP contribution in [0.25, 0.3) is 0 Å². The number of carbonyl (C=O) groups is 1. The van der Waals surface area contributed by atoms with Gasteiger partial charge in [0.15, 0.2) is 0 Å². The number of nitrogens with zero attached hydrogens (tertiary/aromatic N) is 1. The summed E-state index contributed by atoms with van der Waals surface area (Å²) < 4.78 is 35.1. The maximum atomic E-state index is 12.8. The van der Waals surface area contributed by atoms with Crippen molar-refractivity contribution < 1.29 is 37.3 Å². The predicted molar refractivity (Wildman–Crippen MR) is 257 cm³/mol. The van der Waals surface area contributed by atoms with Crippen molar-refractivity contribution in [2.45, 2.75) is 258 Å². The number of phosphoric acid groups is 1. The van der Waals surface area contributed by atoms with Crippen LogP contribution in [0.5, 0.6) is 0 Å². The van der Waals surface area contributed by atoms with E-state index in [9.17, 15) is 14.3 Å². The molecule has 9 heteroatoms. The van der Waals surface area contributed by atoms with Crippen LogP contribution in [-0.4, -0.2) is 75.6 Å². The lowest BCUT2D eigenvalue weighted by atomic mass is 10.0. The zero-order valence-corrected chi connectivity index (χ0v) is 41.6. The van der Waals surface area contributed by atoms with Crippen LogP contribution in [0.4, 0.5) is 0 Å². The quantitative estimate of drug-likeness (QED) is 0.0214. The Labute approximate surface area is 373 Å². The first kappa shape index (κ1) is 59.2. The van der Waals surface area contributed by atoms with Gasteiger partial charge in [-0.25, -0.2) is 4.57 Å². The highest BCUT2D eigenvalue weighted by Gasteiger charge is 2.26. The minimum Gasteiger partial charge on any atom is -0.457 e. The second-order valence-corrected chi connectivity index (χ2v) is 20.4. The SMILES string of the molecule is CCCCCC/C=C\CCCCCCCCOCC(COP(=O)(O)OCC[N+](C)(C)C)OC(=O)CCCCCCCCCCCCCCCCCCCCCCCCCC. The van der Waals surface area contributed by atoms with Crippen molar-refractivity contribution in [2.24, 2.45) is 0 Å². The predicted octanol–water partition coefficient (Wildman–Crippen LogP) is 15.8. The molecule has 0 aromatic heterocycles. The van der Waals surface area contributed by atoms with Gasteiger partial charge in [-0.2, -0.15) is 0 Å². The topological polar surface area (TPSA) is 91.3 Å². The number of likely N-dealkylation sites (N-methyl/N-ethyl adjacent to an activating group) is 1. The standard InChI is InChI=1S/C51H102NO7P/c1-6-8-10-12-14-16-18-20-22-23-24-25-26-27-28-29-30-31-32-34-36-38-40-42-44-51(53)59-50(49-58-60(54,55)57-47-45-52(3,4)5)48-56-46-43-41-39-37-35-33-21-19-17-15-13-11-9-7-2/h17,19,50H,6-16,18,20-49H2,1-5H3/p+1/b19-17-. The third-order valence-electron chi connectivity index (χ3n) is 11.6. The van der Waals surface area contributed by atoms with Crippen LogP contribution < -0.4 is 0 Å². The summed E-state index contributed by atoms with van der Waals surface area (Å²) in [5.41, 5.74) is 0. The molecule has 0 saturated heterocycles.